The van der Waals surface area contributed by atoms with Crippen LogP contribution in [0.5, 0.6) is 0 Å². The minimum atomic E-state index is -0.397. The van der Waals surface area contributed by atoms with E-state index in [1.807, 2.05) is 48.5 Å². The van der Waals surface area contributed by atoms with E-state index in [0.717, 1.165) is 34.4 Å². The minimum absolute atomic E-state index is 0.0856. The number of carbonyl (C=O) groups excluding carboxylic acids is 2. The van der Waals surface area contributed by atoms with E-state index in [-0.39, 0.29) is 17.7 Å². The van der Waals surface area contributed by atoms with Crippen molar-refractivity contribution in [1.82, 2.24) is 0 Å². The number of rotatable bonds is 6. The van der Waals surface area contributed by atoms with Crippen LogP contribution in [0.25, 0.3) is 0 Å². The Morgan fingerprint density at radius 3 is 2.32 bits per heavy atom. The largest absolute Gasteiger partial charge is 0.374 e. The van der Waals surface area contributed by atoms with Crippen molar-refractivity contribution in [2.45, 2.75) is 25.8 Å². The highest BCUT2D eigenvalue weighted by Crippen LogP contribution is 2.30. The molecule has 1 saturated carbocycles. The molecule has 1 atom stereocenters. The van der Waals surface area contributed by atoms with Gasteiger partial charge in [0.15, 0.2) is 0 Å². The molecule has 5 nitrogen and oxygen atoms in total. The monoisotopic (exact) mass is 401 g/mol. The van der Waals surface area contributed by atoms with E-state index in [1.54, 1.807) is 6.92 Å². The molecular formula is C19H20BrN3O2. The first-order valence-corrected chi connectivity index (χ1v) is 9.04. The Balaban J connectivity index is 1.53. The molecule has 0 bridgehead atoms. The number of benzene rings is 2. The molecule has 0 unspecified atom stereocenters. The summed E-state index contributed by atoms with van der Waals surface area (Å²) in [4.78, 5) is 24.0. The van der Waals surface area contributed by atoms with Gasteiger partial charge in [0.1, 0.15) is 6.04 Å². The average Bonchev–Trinajstić information content (AvgIpc) is 3.41. The topological polar surface area (TPSA) is 70.2 Å². The van der Waals surface area contributed by atoms with Gasteiger partial charge in [0, 0.05) is 27.5 Å². The summed E-state index contributed by atoms with van der Waals surface area (Å²) in [7, 11) is 0. The van der Waals surface area contributed by atoms with Crippen molar-refractivity contribution in [2.75, 3.05) is 16.0 Å². The molecule has 3 N–H and O–H groups in total. The second-order valence-electron chi connectivity index (χ2n) is 6.21. The molecule has 0 aromatic heterocycles. The fraction of sp³-hybridized carbons (Fsp3) is 0.263. The Labute approximate surface area is 155 Å². The van der Waals surface area contributed by atoms with Gasteiger partial charge in [-0.05, 0) is 62.2 Å². The fourth-order valence-corrected chi connectivity index (χ4v) is 2.77. The quantitative estimate of drug-likeness (QED) is 0.677. The van der Waals surface area contributed by atoms with E-state index in [2.05, 4.69) is 31.9 Å². The second-order valence-corrected chi connectivity index (χ2v) is 7.12. The van der Waals surface area contributed by atoms with E-state index >= 15 is 0 Å². The predicted octanol–water partition coefficient (Wildman–Crippen LogP) is 4.24. The zero-order valence-electron chi connectivity index (χ0n) is 13.9. The van der Waals surface area contributed by atoms with Gasteiger partial charge in [-0.3, -0.25) is 9.59 Å². The third-order valence-corrected chi connectivity index (χ3v) is 4.46. The van der Waals surface area contributed by atoms with E-state index in [1.165, 1.54) is 0 Å². The molecule has 25 heavy (non-hydrogen) atoms. The maximum absolute atomic E-state index is 12.3. The predicted molar refractivity (Wildman–Crippen MR) is 104 cm³/mol. The molecule has 1 fully saturated rings. The average molecular weight is 402 g/mol. The molecule has 0 radical (unpaired) electrons. The summed E-state index contributed by atoms with van der Waals surface area (Å²) in [6.45, 7) is 1.80. The first-order valence-electron chi connectivity index (χ1n) is 8.25. The lowest BCUT2D eigenvalue weighted by Crippen LogP contribution is -2.31. The molecule has 0 spiro atoms. The Bertz CT molecular complexity index is 772. The Hall–Kier alpha value is -2.34. The van der Waals surface area contributed by atoms with Crippen molar-refractivity contribution in [1.29, 1.82) is 0 Å². The Morgan fingerprint density at radius 1 is 1.00 bits per heavy atom. The third kappa shape index (κ3) is 5.06. The van der Waals surface area contributed by atoms with Gasteiger partial charge in [0.25, 0.3) is 0 Å². The van der Waals surface area contributed by atoms with Crippen molar-refractivity contribution in [2.24, 2.45) is 5.92 Å². The lowest BCUT2D eigenvalue weighted by atomic mass is 10.2. The Kier molecular flexibility index (Phi) is 5.38. The summed E-state index contributed by atoms with van der Waals surface area (Å²) >= 11 is 3.38. The highest BCUT2D eigenvalue weighted by molar-refractivity contribution is 9.10. The molecule has 130 valence electrons. The summed E-state index contributed by atoms with van der Waals surface area (Å²) < 4.78 is 0.912. The number of carbonyl (C=O) groups is 2. The van der Waals surface area contributed by atoms with Crippen LogP contribution in [0.15, 0.2) is 53.0 Å². The van der Waals surface area contributed by atoms with Crippen molar-refractivity contribution in [3.63, 3.8) is 0 Å². The maximum atomic E-state index is 12.3. The van der Waals surface area contributed by atoms with Crippen LogP contribution in [0, 0.1) is 5.92 Å². The summed E-state index contributed by atoms with van der Waals surface area (Å²) in [5.41, 5.74) is 2.33. The van der Waals surface area contributed by atoms with Gasteiger partial charge < -0.3 is 16.0 Å². The van der Waals surface area contributed by atoms with E-state index in [9.17, 15) is 9.59 Å². The van der Waals surface area contributed by atoms with Crippen molar-refractivity contribution in [3.8, 4) is 0 Å². The molecule has 6 heteroatoms. The van der Waals surface area contributed by atoms with E-state index in [0.29, 0.717) is 0 Å². The number of nitrogens with one attached hydrogen (secondary N) is 3. The lowest BCUT2D eigenvalue weighted by molar-refractivity contribution is -0.117. The maximum Gasteiger partial charge on any atom is 0.246 e. The van der Waals surface area contributed by atoms with Crippen molar-refractivity contribution < 1.29 is 9.59 Å². The number of hydrogen-bond donors (Lipinski definition) is 3. The van der Waals surface area contributed by atoms with Crippen LogP contribution in [-0.2, 0) is 9.59 Å². The minimum Gasteiger partial charge on any atom is -0.374 e. The molecule has 1 aliphatic rings. The number of amides is 2. The highest BCUT2D eigenvalue weighted by atomic mass is 79.9. The Morgan fingerprint density at radius 2 is 1.68 bits per heavy atom. The van der Waals surface area contributed by atoms with Gasteiger partial charge in [-0.2, -0.15) is 0 Å². The fourth-order valence-electron chi connectivity index (χ4n) is 2.37. The van der Waals surface area contributed by atoms with Crippen LogP contribution in [-0.4, -0.2) is 17.9 Å². The number of halogens is 1. The molecule has 0 heterocycles. The van der Waals surface area contributed by atoms with E-state index in [4.69, 9.17) is 0 Å². The van der Waals surface area contributed by atoms with Gasteiger partial charge in [-0.1, -0.05) is 22.0 Å². The zero-order chi connectivity index (χ0) is 17.8. The molecule has 2 aromatic rings. The summed E-state index contributed by atoms with van der Waals surface area (Å²) in [6.07, 6.45) is 1.96. The number of hydrogen-bond acceptors (Lipinski definition) is 3. The first-order chi connectivity index (χ1) is 12.0. The van der Waals surface area contributed by atoms with Crippen molar-refractivity contribution in [3.05, 3.63) is 53.0 Å². The van der Waals surface area contributed by atoms with Crippen LogP contribution < -0.4 is 16.0 Å². The summed E-state index contributed by atoms with van der Waals surface area (Å²) in [5.74, 6) is 0.145. The molecule has 2 amide bonds. The normalized spacial score (nSPS) is 14.5. The highest BCUT2D eigenvalue weighted by Gasteiger charge is 2.29. The molecule has 2 aromatic carbocycles. The van der Waals surface area contributed by atoms with Gasteiger partial charge in [0.2, 0.25) is 11.8 Å². The molecule has 3 rings (SSSR count). The smallest absolute Gasteiger partial charge is 0.246 e. The first kappa shape index (κ1) is 17.5. The molecule has 0 saturated heterocycles. The van der Waals surface area contributed by atoms with Crippen LogP contribution in [0.4, 0.5) is 17.1 Å². The van der Waals surface area contributed by atoms with Gasteiger partial charge in [-0.15, -0.1) is 0 Å². The second kappa shape index (κ2) is 7.70. The van der Waals surface area contributed by atoms with E-state index < -0.39 is 6.04 Å². The number of anilines is 3. The van der Waals surface area contributed by atoms with Crippen molar-refractivity contribution >= 4 is 44.8 Å². The van der Waals surface area contributed by atoms with Crippen LogP contribution >= 0.6 is 15.9 Å². The van der Waals surface area contributed by atoms with Gasteiger partial charge in [0.05, 0.1) is 0 Å². The molecule has 0 aliphatic heterocycles. The SMILES string of the molecule is C[C@H](Nc1ccc(NC(=O)C2CC2)cc1)C(=O)Nc1cccc(Br)c1. The summed E-state index contributed by atoms with van der Waals surface area (Å²) in [5, 5.41) is 8.92. The zero-order valence-corrected chi connectivity index (χ0v) is 15.5. The molecule has 1 aliphatic carbocycles. The third-order valence-electron chi connectivity index (χ3n) is 3.97. The van der Waals surface area contributed by atoms with Gasteiger partial charge >= 0.3 is 0 Å². The lowest BCUT2D eigenvalue weighted by Gasteiger charge is -2.16. The van der Waals surface area contributed by atoms with Gasteiger partial charge in [-0.25, -0.2) is 0 Å². The van der Waals surface area contributed by atoms with Crippen LogP contribution in [0.1, 0.15) is 19.8 Å². The van der Waals surface area contributed by atoms with Crippen LogP contribution in [0.2, 0.25) is 0 Å². The molecular weight excluding hydrogens is 382 g/mol. The summed E-state index contributed by atoms with van der Waals surface area (Å²) in [6, 6.07) is 14.4. The standard InChI is InChI=1S/C19H20BrN3O2/c1-12(18(24)23-17-4-2-3-14(20)11-17)21-15-7-9-16(10-8-15)22-19(25)13-5-6-13/h2-4,7-13,21H,5-6H2,1H3,(H,22,25)(H,23,24)/t12-/m0/s1. The van der Waals surface area contributed by atoms with Crippen LogP contribution in [0.3, 0.4) is 0 Å².